The largest absolute Gasteiger partial charge is 0.497 e. The molecule has 0 radical (unpaired) electrons. The Kier molecular flexibility index (Phi) is 5.24. The zero-order valence-electron chi connectivity index (χ0n) is 12.1. The molecule has 0 saturated heterocycles. The Hall–Kier alpha value is -2.96. The number of ether oxygens (including phenoxy) is 1. The van der Waals surface area contributed by atoms with Gasteiger partial charge in [0.2, 0.25) is 0 Å². The van der Waals surface area contributed by atoms with Crippen molar-refractivity contribution in [1.29, 1.82) is 0 Å². The summed E-state index contributed by atoms with van der Waals surface area (Å²) < 4.78 is 44.3. The summed E-state index contributed by atoms with van der Waals surface area (Å²) in [5.41, 5.74) is 0.305. The van der Waals surface area contributed by atoms with Gasteiger partial charge < -0.3 is 15.4 Å². The van der Waals surface area contributed by atoms with Crippen molar-refractivity contribution in [3.8, 4) is 5.75 Å². The van der Waals surface area contributed by atoms with E-state index in [0.717, 1.165) is 17.7 Å². The molecular formula is C16H13F3N2O2. The van der Waals surface area contributed by atoms with Crippen LogP contribution in [0.3, 0.4) is 0 Å². The number of amides is 2. The maximum Gasteiger partial charge on any atom is 0.323 e. The second-order valence-electron chi connectivity index (χ2n) is 4.43. The number of nitrogens with one attached hydrogen (secondary N) is 2. The molecule has 0 aliphatic heterocycles. The molecule has 2 aromatic rings. The lowest BCUT2D eigenvalue weighted by molar-refractivity contribution is 0.255. The van der Waals surface area contributed by atoms with E-state index in [4.69, 9.17) is 4.74 Å². The molecule has 4 nitrogen and oxygen atoms in total. The molecule has 2 amide bonds. The van der Waals surface area contributed by atoms with Gasteiger partial charge in [0, 0.05) is 6.20 Å². The van der Waals surface area contributed by atoms with Crippen LogP contribution in [0.1, 0.15) is 5.56 Å². The Labute approximate surface area is 130 Å². The molecule has 0 bridgehead atoms. The third-order valence-electron chi connectivity index (χ3n) is 2.87. The molecule has 7 heteroatoms. The normalized spacial score (nSPS) is 10.6. The summed E-state index contributed by atoms with van der Waals surface area (Å²) in [6.07, 6.45) is 2.91. The summed E-state index contributed by atoms with van der Waals surface area (Å²) in [6.45, 7) is 0. The second-order valence-corrected chi connectivity index (χ2v) is 4.43. The first-order chi connectivity index (χ1) is 11.0. The Morgan fingerprint density at radius 2 is 1.91 bits per heavy atom. The van der Waals surface area contributed by atoms with Gasteiger partial charge in [-0.1, -0.05) is 12.1 Å². The van der Waals surface area contributed by atoms with Crippen LogP contribution in [0.4, 0.5) is 23.7 Å². The first-order valence-electron chi connectivity index (χ1n) is 6.53. The molecule has 0 atom stereocenters. The Morgan fingerprint density at radius 3 is 2.65 bits per heavy atom. The van der Waals surface area contributed by atoms with E-state index in [-0.39, 0.29) is 0 Å². The Bertz CT molecular complexity index is 748. The van der Waals surface area contributed by atoms with Crippen molar-refractivity contribution in [2.45, 2.75) is 0 Å². The molecular weight excluding hydrogens is 309 g/mol. The predicted molar refractivity (Wildman–Crippen MR) is 80.5 cm³/mol. The number of rotatable bonds is 4. The molecule has 120 valence electrons. The summed E-state index contributed by atoms with van der Waals surface area (Å²) in [6, 6.07) is 7.92. The van der Waals surface area contributed by atoms with Crippen molar-refractivity contribution in [1.82, 2.24) is 5.32 Å². The summed E-state index contributed by atoms with van der Waals surface area (Å²) in [4.78, 5) is 11.6. The highest BCUT2D eigenvalue weighted by Gasteiger charge is 2.14. The van der Waals surface area contributed by atoms with E-state index < -0.39 is 29.2 Å². The minimum atomic E-state index is -1.64. The van der Waals surface area contributed by atoms with Gasteiger partial charge in [-0.15, -0.1) is 0 Å². The third kappa shape index (κ3) is 4.26. The van der Waals surface area contributed by atoms with E-state index in [9.17, 15) is 18.0 Å². The fourth-order valence-corrected chi connectivity index (χ4v) is 1.74. The van der Waals surface area contributed by atoms with Gasteiger partial charge in [0.15, 0.2) is 17.5 Å². The van der Waals surface area contributed by atoms with Crippen LogP contribution in [0.25, 0.3) is 6.08 Å². The van der Waals surface area contributed by atoms with Gasteiger partial charge in [-0.25, -0.2) is 18.0 Å². The number of anilines is 1. The highest BCUT2D eigenvalue weighted by Crippen LogP contribution is 2.19. The van der Waals surface area contributed by atoms with Crippen molar-refractivity contribution in [3.63, 3.8) is 0 Å². The summed E-state index contributed by atoms with van der Waals surface area (Å²) in [5, 5.41) is 4.40. The molecule has 2 aromatic carbocycles. The van der Waals surface area contributed by atoms with E-state index in [1.165, 1.54) is 13.3 Å². The van der Waals surface area contributed by atoms with Crippen molar-refractivity contribution in [3.05, 3.63) is 65.6 Å². The quantitative estimate of drug-likeness (QED) is 0.839. The molecule has 0 saturated carbocycles. The first kappa shape index (κ1) is 16.4. The molecule has 2 rings (SSSR count). The number of hydrogen-bond donors (Lipinski definition) is 2. The first-order valence-corrected chi connectivity index (χ1v) is 6.53. The van der Waals surface area contributed by atoms with Gasteiger partial charge in [0.05, 0.1) is 12.8 Å². The van der Waals surface area contributed by atoms with Gasteiger partial charge in [-0.05, 0) is 35.9 Å². The maximum absolute atomic E-state index is 13.4. The number of benzene rings is 2. The predicted octanol–water partition coefficient (Wildman–Crippen LogP) is 3.90. The average molecular weight is 322 g/mol. The van der Waals surface area contributed by atoms with Crippen molar-refractivity contribution in [2.24, 2.45) is 0 Å². The zero-order chi connectivity index (χ0) is 16.8. The molecule has 0 heterocycles. The third-order valence-corrected chi connectivity index (χ3v) is 2.87. The lowest BCUT2D eigenvalue weighted by Crippen LogP contribution is -2.24. The van der Waals surface area contributed by atoms with Crippen LogP contribution in [0, 0.1) is 17.5 Å². The van der Waals surface area contributed by atoms with Gasteiger partial charge in [-0.3, -0.25) is 0 Å². The van der Waals surface area contributed by atoms with Gasteiger partial charge >= 0.3 is 6.03 Å². The lowest BCUT2D eigenvalue weighted by atomic mass is 10.2. The minimum Gasteiger partial charge on any atom is -0.497 e. The molecule has 2 N–H and O–H groups in total. The highest BCUT2D eigenvalue weighted by molar-refractivity contribution is 5.90. The molecule has 0 aromatic heterocycles. The van der Waals surface area contributed by atoms with E-state index in [1.807, 2.05) is 0 Å². The lowest BCUT2D eigenvalue weighted by Gasteiger charge is -2.06. The SMILES string of the molecule is COc1cccc(/C=C/NC(=O)Nc2ccc(F)c(F)c2F)c1. The summed E-state index contributed by atoms with van der Waals surface area (Å²) >= 11 is 0. The Morgan fingerprint density at radius 1 is 1.13 bits per heavy atom. The van der Waals surface area contributed by atoms with Crippen molar-refractivity contribution in [2.75, 3.05) is 12.4 Å². The van der Waals surface area contributed by atoms with Crippen LogP contribution in [-0.2, 0) is 0 Å². The number of methoxy groups -OCH3 is 1. The minimum absolute atomic E-state index is 0.462. The second kappa shape index (κ2) is 7.35. The van der Waals surface area contributed by atoms with E-state index >= 15 is 0 Å². The van der Waals surface area contributed by atoms with Crippen LogP contribution < -0.4 is 15.4 Å². The van der Waals surface area contributed by atoms with Crippen LogP contribution in [0.5, 0.6) is 5.75 Å². The topological polar surface area (TPSA) is 50.4 Å². The number of halogens is 3. The van der Waals surface area contributed by atoms with Crippen LogP contribution in [0.2, 0.25) is 0 Å². The number of hydrogen-bond acceptors (Lipinski definition) is 2. The van der Waals surface area contributed by atoms with E-state index in [0.29, 0.717) is 5.75 Å². The van der Waals surface area contributed by atoms with Crippen LogP contribution >= 0.6 is 0 Å². The summed E-state index contributed by atoms with van der Waals surface area (Å²) in [5.74, 6) is -3.78. The molecule has 23 heavy (non-hydrogen) atoms. The maximum atomic E-state index is 13.4. The fourth-order valence-electron chi connectivity index (χ4n) is 1.74. The van der Waals surface area contributed by atoms with Crippen LogP contribution in [-0.4, -0.2) is 13.1 Å². The fraction of sp³-hybridized carbons (Fsp3) is 0.0625. The monoisotopic (exact) mass is 322 g/mol. The van der Waals surface area contributed by atoms with Crippen LogP contribution in [0.15, 0.2) is 42.6 Å². The Balaban J connectivity index is 1.97. The van der Waals surface area contributed by atoms with E-state index in [1.54, 1.807) is 30.3 Å². The number of carbonyl (C=O) groups is 1. The van der Waals surface area contributed by atoms with Crippen molar-refractivity contribution >= 4 is 17.8 Å². The molecule has 0 aliphatic rings. The molecule has 0 unspecified atom stereocenters. The molecule has 0 spiro atoms. The van der Waals surface area contributed by atoms with Crippen molar-refractivity contribution < 1.29 is 22.7 Å². The van der Waals surface area contributed by atoms with Gasteiger partial charge in [-0.2, -0.15) is 0 Å². The van der Waals surface area contributed by atoms with E-state index in [2.05, 4.69) is 10.6 Å². The number of carbonyl (C=O) groups excluding carboxylic acids is 1. The smallest absolute Gasteiger partial charge is 0.323 e. The van der Waals surface area contributed by atoms with Gasteiger partial charge in [0.25, 0.3) is 0 Å². The standard InChI is InChI=1S/C16H13F3N2O2/c1-23-11-4-2-3-10(9-11)7-8-20-16(22)21-13-6-5-12(17)14(18)15(13)19/h2-9H,1H3,(H2,20,21,22)/b8-7+. The molecule has 0 fully saturated rings. The van der Waals surface area contributed by atoms with Gasteiger partial charge in [0.1, 0.15) is 5.75 Å². The highest BCUT2D eigenvalue weighted by atomic mass is 19.2. The zero-order valence-corrected chi connectivity index (χ0v) is 12.1. The number of urea groups is 1. The average Bonchev–Trinajstić information content (AvgIpc) is 2.55. The molecule has 0 aliphatic carbocycles. The summed E-state index contributed by atoms with van der Waals surface area (Å²) in [7, 11) is 1.53.